The van der Waals surface area contributed by atoms with Gasteiger partial charge in [-0.15, -0.1) is 11.3 Å². The van der Waals surface area contributed by atoms with Gasteiger partial charge in [0.15, 0.2) is 0 Å². The molecule has 0 saturated carbocycles. The molecule has 150 valence electrons. The Morgan fingerprint density at radius 1 is 1.07 bits per heavy atom. The Bertz CT molecular complexity index is 1080. The van der Waals surface area contributed by atoms with E-state index in [0.717, 1.165) is 40.2 Å². The molecule has 0 spiro atoms. The van der Waals surface area contributed by atoms with E-state index in [0.29, 0.717) is 19.0 Å². The fourth-order valence-corrected chi connectivity index (χ4v) is 5.64. The molecule has 1 saturated heterocycles. The summed E-state index contributed by atoms with van der Waals surface area (Å²) >= 11 is 1.65. The number of aryl methyl sites for hydroxylation is 1. The maximum atomic E-state index is 12.7. The molecular formula is C22H23N3O2S2. The minimum absolute atomic E-state index is 0.308. The third kappa shape index (κ3) is 4.80. The van der Waals surface area contributed by atoms with Crippen LogP contribution < -0.4 is 0 Å². The van der Waals surface area contributed by atoms with Crippen LogP contribution in [0.5, 0.6) is 0 Å². The van der Waals surface area contributed by atoms with Gasteiger partial charge in [-0.25, -0.2) is 13.4 Å². The maximum absolute atomic E-state index is 12.7. The molecule has 0 N–H and O–H groups in total. The first-order chi connectivity index (χ1) is 14.0. The average molecular weight is 426 g/mol. The van der Waals surface area contributed by atoms with Crippen molar-refractivity contribution in [2.75, 3.05) is 13.1 Å². The van der Waals surface area contributed by atoms with Gasteiger partial charge in [0.2, 0.25) is 10.0 Å². The van der Waals surface area contributed by atoms with E-state index in [-0.39, 0.29) is 0 Å². The van der Waals surface area contributed by atoms with Gasteiger partial charge in [0.25, 0.3) is 0 Å². The quantitative estimate of drug-likeness (QED) is 0.595. The molecule has 1 fully saturated rings. The molecule has 1 aliphatic heterocycles. The van der Waals surface area contributed by atoms with Crippen LogP contribution in [-0.4, -0.2) is 35.8 Å². The number of sulfonamides is 1. The van der Waals surface area contributed by atoms with Gasteiger partial charge in [0.1, 0.15) is 0 Å². The first-order valence-corrected chi connectivity index (χ1v) is 12.0. The van der Waals surface area contributed by atoms with Gasteiger partial charge in [-0.3, -0.25) is 4.98 Å². The van der Waals surface area contributed by atoms with Gasteiger partial charge >= 0.3 is 0 Å². The summed E-state index contributed by atoms with van der Waals surface area (Å²) in [6, 6.07) is 11.7. The fraction of sp³-hybridized carbons (Fsp3) is 0.273. The van der Waals surface area contributed by atoms with Gasteiger partial charge < -0.3 is 0 Å². The summed E-state index contributed by atoms with van der Waals surface area (Å²) < 4.78 is 26.9. The number of benzene rings is 1. The Balaban J connectivity index is 1.39. The molecule has 1 aliphatic rings. The Morgan fingerprint density at radius 3 is 2.45 bits per heavy atom. The molecule has 29 heavy (non-hydrogen) atoms. The molecule has 4 rings (SSSR count). The molecule has 0 bridgehead atoms. The van der Waals surface area contributed by atoms with E-state index in [1.165, 1.54) is 5.41 Å². The van der Waals surface area contributed by atoms with Crippen LogP contribution in [0.1, 0.15) is 34.9 Å². The van der Waals surface area contributed by atoms with E-state index in [2.05, 4.69) is 10.4 Å². The molecule has 0 atom stereocenters. The van der Waals surface area contributed by atoms with Gasteiger partial charge in [0.05, 0.1) is 10.7 Å². The molecule has 3 heterocycles. The van der Waals surface area contributed by atoms with Crippen molar-refractivity contribution in [3.8, 4) is 11.3 Å². The predicted molar refractivity (Wildman–Crippen MR) is 118 cm³/mol. The zero-order valence-corrected chi connectivity index (χ0v) is 17.9. The van der Waals surface area contributed by atoms with Crippen molar-refractivity contribution in [2.24, 2.45) is 0 Å². The highest BCUT2D eigenvalue weighted by Gasteiger charge is 2.28. The second-order valence-corrected chi connectivity index (χ2v) is 9.95. The normalized spacial score (nSPS) is 16.4. The summed E-state index contributed by atoms with van der Waals surface area (Å²) in [4.78, 5) is 8.83. The van der Waals surface area contributed by atoms with Gasteiger partial charge in [-0.2, -0.15) is 4.31 Å². The molecule has 0 unspecified atom stereocenters. The van der Waals surface area contributed by atoms with Crippen LogP contribution in [-0.2, 0) is 10.0 Å². The molecule has 3 aromatic rings. The van der Waals surface area contributed by atoms with Crippen molar-refractivity contribution in [3.05, 3.63) is 75.7 Å². The van der Waals surface area contributed by atoms with Gasteiger partial charge in [0, 0.05) is 47.8 Å². The number of pyridine rings is 1. The average Bonchev–Trinajstić information content (AvgIpc) is 3.24. The highest BCUT2D eigenvalue weighted by molar-refractivity contribution is 7.92. The van der Waals surface area contributed by atoms with Crippen molar-refractivity contribution >= 4 is 27.4 Å². The number of aromatic nitrogens is 2. The lowest BCUT2D eigenvalue weighted by Gasteiger charge is -2.29. The van der Waals surface area contributed by atoms with Crippen molar-refractivity contribution in [1.82, 2.24) is 14.3 Å². The SMILES string of the molecule is Cc1ccc(/C=C/S(=O)(=O)N2CCC(c3nc(-c4ccncc4)cs3)CC2)cc1. The van der Waals surface area contributed by atoms with Crippen molar-refractivity contribution in [2.45, 2.75) is 25.7 Å². The third-order valence-electron chi connectivity index (χ3n) is 5.17. The molecule has 0 aliphatic carbocycles. The Kier molecular flexibility index (Phi) is 5.89. The Morgan fingerprint density at radius 2 is 1.76 bits per heavy atom. The first-order valence-electron chi connectivity index (χ1n) is 9.62. The Labute approximate surface area is 175 Å². The van der Waals surface area contributed by atoms with Crippen LogP contribution >= 0.6 is 11.3 Å². The maximum Gasteiger partial charge on any atom is 0.236 e. The number of piperidine rings is 1. The number of thiazole rings is 1. The zero-order chi connectivity index (χ0) is 20.3. The lowest BCUT2D eigenvalue weighted by Crippen LogP contribution is -2.36. The number of hydrogen-bond donors (Lipinski definition) is 0. The fourth-order valence-electron chi connectivity index (χ4n) is 3.42. The monoisotopic (exact) mass is 425 g/mol. The molecule has 2 aromatic heterocycles. The summed E-state index contributed by atoms with van der Waals surface area (Å²) in [6.45, 7) is 3.06. The van der Waals surface area contributed by atoms with Crippen LogP contribution in [0, 0.1) is 6.92 Å². The molecule has 7 heteroatoms. The Hall–Kier alpha value is -2.35. The van der Waals surface area contributed by atoms with E-state index in [4.69, 9.17) is 4.98 Å². The number of hydrogen-bond acceptors (Lipinski definition) is 5. The third-order valence-corrected chi connectivity index (χ3v) is 7.74. The second kappa shape index (κ2) is 8.57. The highest BCUT2D eigenvalue weighted by Crippen LogP contribution is 2.33. The summed E-state index contributed by atoms with van der Waals surface area (Å²) in [6.07, 6.45) is 6.79. The first kappa shape index (κ1) is 19.9. The molecule has 0 amide bonds. The number of rotatable bonds is 5. The molecule has 5 nitrogen and oxygen atoms in total. The summed E-state index contributed by atoms with van der Waals surface area (Å²) in [5, 5.41) is 4.48. The van der Waals surface area contributed by atoms with E-state index in [1.54, 1.807) is 34.1 Å². The van der Waals surface area contributed by atoms with Gasteiger partial charge in [-0.1, -0.05) is 29.8 Å². The van der Waals surface area contributed by atoms with Crippen LogP contribution in [0.4, 0.5) is 0 Å². The standard InChI is InChI=1S/C22H23N3O2S2/c1-17-2-4-18(5-3-17)10-15-29(26,27)25-13-8-20(9-14-25)22-24-21(16-28-22)19-6-11-23-12-7-19/h2-7,10-12,15-16,20H,8-9,13-14H2,1H3/b15-10+. The second-order valence-electron chi connectivity index (χ2n) is 7.24. The van der Waals surface area contributed by atoms with Crippen LogP contribution in [0.25, 0.3) is 17.3 Å². The number of nitrogens with zero attached hydrogens (tertiary/aromatic N) is 3. The topological polar surface area (TPSA) is 63.2 Å². The minimum Gasteiger partial charge on any atom is -0.265 e. The zero-order valence-electron chi connectivity index (χ0n) is 16.2. The van der Waals surface area contributed by atoms with Crippen LogP contribution in [0.15, 0.2) is 59.6 Å². The predicted octanol–water partition coefficient (Wildman–Crippen LogP) is 4.69. The molecule has 0 radical (unpaired) electrons. The van der Waals surface area contributed by atoms with E-state index in [9.17, 15) is 8.42 Å². The smallest absolute Gasteiger partial charge is 0.236 e. The van der Waals surface area contributed by atoms with Crippen LogP contribution in [0.3, 0.4) is 0 Å². The lowest BCUT2D eigenvalue weighted by molar-refractivity contribution is 0.322. The van der Waals surface area contributed by atoms with Crippen molar-refractivity contribution < 1.29 is 8.42 Å². The van der Waals surface area contributed by atoms with E-state index in [1.807, 2.05) is 43.3 Å². The van der Waals surface area contributed by atoms with Crippen LogP contribution in [0.2, 0.25) is 0 Å². The summed E-state index contributed by atoms with van der Waals surface area (Å²) in [7, 11) is -3.41. The summed E-state index contributed by atoms with van der Waals surface area (Å²) in [5.41, 5.74) is 4.06. The summed E-state index contributed by atoms with van der Waals surface area (Å²) in [5.74, 6) is 0.308. The van der Waals surface area contributed by atoms with E-state index >= 15 is 0 Å². The van der Waals surface area contributed by atoms with Crippen molar-refractivity contribution in [3.63, 3.8) is 0 Å². The minimum atomic E-state index is -3.41. The van der Waals surface area contributed by atoms with E-state index < -0.39 is 10.0 Å². The lowest BCUT2D eigenvalue weighted by atomic mass is 9.99. The molecule has 1 aromatic carbocycles. The van der Waals surface area contributed by atoms with Crippen molar-refractivity contribution in [1.29, 1.82) is 0 Å². The molecular weight excluding hydrogens is 402 g/mol. The largest absolute Gasteiger partial charge is 0.265 e. The highest BCUT2D eigenvalue weighted by atomic mass is 32.2. The van der Waals surface area contributed by atoms with Gasteiger partial charge in [-0.05, 0) is 43.5 Å².